The second-order valence-electron chi connectivity index (χ2n) is 5.46. The van der Waals surface area contributed by atoms with Crippen LogP contribution in [0.15, 0.2) is 10.6 Å². The maximum atomic E-state index is 12.3. The van der Waals surface area contributed by atoms with Crippen molar-refractivity contribution in [2.24, 2.45) is 5.92 Å². The van der Waals surface area contributed by atoms with Crippen molar-refractivity contribution in [1.29, 1.82) is 0 Å². The van der Waals surface area contributed by atoms with E-state index in [1.165, 1.54) is 0 Å². The van der Waals surface area contributed by atoms with Crippen LogP contribution in [-0.2, 0) is 22.6 Å². The van der Waals surface area contributed by atoms with Crippen molar-refractivity contribution in [3.63, 3.8) is 0 Å². The van der Waals surface area contributed by atoms with Gasteiger partial charge in [0.2, 0.25) is 17.7 Å². The average Bonchev–Trinajstić information content (AvgIpc) is 2.82. The molecular formula is C14H21N3O3. The number of nitrogens with one attached hydrogen (secondary N) is 1. The quantitative estimate of drug-likeness (QED) is 0.895. The molecule has 2 rings (SSSR count). The number of amides is 2. The number of aromatic nitrogens is 1. The highest BCUT2D eigenvalue weighted by molar-refractivity contribution is 5.96. The zero-order valence-electron chi connectivity index (χ0n) is 12.3. The lowest BCUT2D eigenvalue weighted by Crippen LogP contribution is -2.63. The zero-order valence-corrected chi connectivity index (χ0v) is 12.3. The highest BCUT2D eigenvalue weighted by Gasteiger charge is 2.40. The molecule has 1 saturated heterocycles. The minimum atomic E-state index is -0.502. The summed E-state index contributed by atoms with van der Waals surface area (Å²) in [5, 5.41) is 2.71. The largest absolute Gasteiger partial charge is 0.444 e. The van der Waals surface area contributed by atoms with E-state index >= 15 is 0 Å². The van der Waals surface area contributed by atoms with Gasteiger partial charge in [0, 0.05) is 6.42 Å². The summed E-state index contributed by atoms with van der Waals surface area (Å²) >= 11 is 0. The molecule has 6 heteroatoms. The number of rotatable bonds is 4. The summed E-state index contributed by atoms with van der Waals surface area (Å²) in [7, 11) is 0. The van der Waals surface area contributed by atoms with Crippen molar-refractivity contribution in [2.75, 3.05) is 0 Å². The second kappa shape index (κ2) is 5.64. The van der Waals surface area contributed by atoms with Crippen LogP contribution in [0.25, 0.3) is 0 Å². The minimum Gasteiger partial charge on any atom is -0.444 e. The van der Waals surface area contributed by atoms with Gasteiger partial charge in [-0.1, -0.05) is 20.8 Å². The van der Waals surface area contributed by atoms with Crippen LogP contribution in [0.1, 0.15) is 39.3 Å². The number of aryl methyl sites for hydroxylation is 1. The Balaban J connectivity index is 2.23. The molecule has 2 heterocycles. The maximum absolute atomic E-state index is 12.3. The number of nitrogens with zero attached hydrogens (tertiary/aromatic N) is 2. The number of hydrogen-bond acceptors (Lipinski definition) is 4. The Morgan fingerprint density at radius 3 is 2.70 bits per heavy atom. The molecule has 0 saturated carbocycles. The fourth-order valence-electron chi connectivity index (χ4n) is 2.46. The Morgan fingerprint density at radius 2 is 2.15 bits per heavy atom. The number of carbonyl (C=O) groups excluding carboxylic acids is 2. The lowest BCUT2D eigenvalue weighted by Gasteiger charge is -2.39. The van der Waals surface area contributed by atoms with Gasteiger partial charge < -0.3 is 14.6 Å². The molecule has 1 aliphatic heterocycles. The van der Waals surface area contributed by atoms with E-state index in [1.54, 1.807) is 18.0 Å². The summed E-state index contributed by atoms with van der Waals surface area (Å²) in [5.74, 6) is 1.08. The van der Waals surface area contributed by atoms with Crippen LogP contribution in [0.3, 0.4) is 0 Å². The molecule has 2 unspecified atom stereocenters. The molecule has 0 spiro atoms. The Morgan fingerprint density at radius 1 is 1.45 bits per heavy atom. The molecular weight excluding hydrogens is 258 g/mol. The normalized spacial score (nSPS) is 23.4. The monoisotopic (exact) mass is 279 g/mol. The Labute approximate surface area is 118 Å². The SMILES string of the molecule is CCc1cnc(CN2C(=O)C(C)NC(=O)C2C(C)C)o1. The molecule has 2 atom stereocenters. The summed E-state index contributed by atoms with van der Waals surface area (Å²) in [6.07, 6.45) is 2.42. The summed E-state index contributed by atoms with van der Waals surface area (Å²) in [4.78, 5) is 30.1. The van der Waals surface area contributed by atoms with Crippen molar-refractivity contribution in [2.45, 2.75) is 52.7 Å². The van der Waals surface area contributed by atoms with E-state index in [0.29, 0.717) is 5.89 Å². The molecule has 6 nitrogen and oxygen atoms in total. The van der Waals surface area contributed by atoms with Gasteiger partial charge in [-0.25, -0.2) is 4.98 Å². The average molecular weight is 279 g/mol. The predicted molar refractivity (Wildman–Crippen MR) is 72.7 cm³/mol. The van der Waals surface area contributed by atoms with Gasteiger partial charge in [-0.15, -0.1) is 0 Å². The fraction of sp³-hybridized carbons (Fsp3) is 0.643. The van der Waals surface area contributed by atoms with E-state index in [1.807, 2.05) is 20.8 Å². The van der Waals surface area contributed by atoms with Gasteiger partial charge in [-0.2, -0.15) is 0 Å². The topological polar surface area (TPSA) is 75.4 Å². The third-order valence-corrected chi connectivity index (χ3v) is 3.50. The van der Waals surface area contributed by atoms with E-state index < -0.39 is 12.1 Å². The van der Waals surface area contributed by atoms with Crippen LogP contribution in [0.4, 0.5) is 0 Å². The summed E-state index contributed by atoms with van der Waals surface area (Å²) < 4.78 is 5.55. The first-order chi connectivity index (χ1) is 9.43. The van der Waals surface area contributed by atoms with E-state index in [0.717, 1.165) is 12.2 Å². The van der Waals surface area contributed by atoms with Crippen LogP contribution in [0.5, 0.6) is 0 Å². The molecule has 1 N–H and O–H groups in total. The Kier molecular flexibility index (Phi) is 4.11. The molecule has 1 aromatic heterocycles. The summed E-state index contributed by atoms with van der Waals surface area (Å²) in [6, 6.07) is -0.978. The first-order valence-electron chi connectivity index (χ1n) is 6.98. The molecule has 20 heavy (non-hydrogen) atoms. The van der Waals surface area contributed by atoms with Gasteiger partial charge >= 0.3 is 0 Å². The maximum Gasteiger partial charge on any atom is 0.246 e. The number of hydrogen-bond donors (Lipinski definition) is 1. The summed E-state index contributed by atoms with van der Waals surface area (Å²) in [5.41, 5.74) is 0. The number of piperazine rings is 1. The van der Waals surface area contributed by atoms with Crippen LogP contribution >= 0.6 is 0 Å². The van der Waals surface area contributed by atoms with Gasteiger partial charge in [0.1, 0.15) is 17.8 Å². The molecule has 0 radical (unpaired) electrons. The zero-order chi connectivity index (χ0) is 14.9. The van der Waals surface area contributed by atoms with Crippen molar-refractivity contribution >= 4 is 11.8 Å². The standard InChI is InChI=1S/C14H21N3O3/c1-5-10-6-15-11(20-10)7-17-12(8(2)3)13(18)16-9(4)14(17)19/h6,8-9,12H,5,7H2,1-4H3,(H,16,18). The first-order valence-corrected chi connectivity index (χ1v) is 6.98. The number of carbonyl (C=O) groups is 2. The second-order valence-corrected chi connectivity index (χ2v) is 5.46. The third-order valence-electron chi connectivity index (χ3n) is 3.50. The van der Waals surface area contributed by atoms with Crippen LogP contribution in [-0.4, -0.2) is 33.8 Å². The van der Waals surface area contributed by atoms with Crippen molar-refractivity contribution in [1.82, 2.24) is 15.2 Å². The van der Waals surface area contributed by atoms with Gasteiger partial charge in [0.15, 0.2) is 0 Å². The predicted octanol–water partition coefficient (Wildman–Crippen LogP) is 1.11. The van der Waals surface area contributed by atoms with Crippen LogP contribution in [0, 0.1) is 5.92 Å². The Bertz CT molecular complexity index is 510. The molecule has 0 aliphatic carbocycles. The molecule has 1 aliphatic rings. The smallest absolute Gasteiger partial charge is 0.246 e. The lowest BCUT2D eigenvalue weighted by atomic mass is 9.97. The van der Waals surface area contributed by atoms with E-state index in [4.69, 9.17) is 4.42 Å². The molecule has 0 aromatic carbocycles. The van der Waals surface area contributed by atoms with E-state index in [2.05, 4.69) is 10.3 Å². The lowest BCUT2D eigenvalue weighted by molar-refractivity contribution is -0.151. The van der Waals surface area contributed by atoms with Crippen molar-refractivity contribution in [3.8, 4) is 0 Å². The van der Waals surface area contributed by atoms with E-state index in [-0.39, 0.29) is 24.3 Å². The number of oxazole rings is 1. The molecule has 0 bridgehead atoms. The molecule has 1 aromatic rings. The van der Waals surface area contributed by atoms with E-state index in [9.17, 15) is 9.59 Å². The highest BCUT2D eigenvalue weighted by atomic mass is 16.4. The van der Waals surface area contributed by atoms with Crippen molar-refractivity contribution < 1.29 is 14.0 Å². The van der Waals surface area contributed by atoms with Crippen LogP contribution < -0.4 is 5.32 Å². The van der Waals surface area contributed by atoms with Gasteiger partial charge in [-0.05, 0) is 12.8 Å². The summed E-state index contributed by atoms with van der Waals surface area (Å²) in [6.45, 7) is 7.75. The van der Waals surface area contributed by atoms with Crippen LogP contribution in [0.2, 0.25) is 0 Å². The third kappa shape index (κ3) is 2.69. The Hall–Kier alpha value is -1.85. The molecule has 2 amide bonds. The minimum absolute atomic E-state index is 0.0343. The van der Waals surface area contributed by atoms with Gasteiger partial charge in [0.25, 0.3) is 0 Å². The molecule has 1 fully saturated rings. The van der Waals surface area contributed by atoms with Gasteiger partial charge in [-0.3, -0.25) is 9.59 Å². The van der Waals surface area contributed by atoms with Crippen molar-refractivity contribution in [3.05, 3.63) is 17.8 Å². The van der Waals surface area contributed by atoms with Gasteiger partial charge in [0.05, 0.1) is 12.7 Å². The fourth-order valence-corrected chi connectivity index (χ4v) is 2.46. The highest BCUT2D eigenvalue weighted by Crippen LogP contribution is 2.20. The molecule has 110 valence electrons. The first kappa shape index (κ1) is 14.6.